The lowest BCUT2D eigenvalue weighted by molar-refractivity contribution is -0.126. The largest absolute Gasteiger partial charge is 0.357 e. The summed E-state index contributed by atoms with van der Waals surface area (Å²) in [7, 11) is -0.892. The maximum absolute atomic E-state index is 12.3. The number of rotatable bonds is 7. The number of nitrogens with zero attached hydrogens (tertiary/aromatic N) is 1. The van der Waals surface area contributed by atoms with Gasteiger partial charge in [-0.05, 0) is 59.8 Å². The number of guanidine groups is 1. The van der Waals surface area contributed by atoms with Gasteiger partial charge in [-0.25, -0.2) is 0 Å². The highest BCUT2D eigenvalue weighted by molar-refractivity contribution is 14.0. The molecule has 0 aliphatic heterocycles. The third kappa shape index (κ3) is 9.11. The molecule has 0 saturated heterocycles. The zero-order valence-corrected chi connectivity index (χ0v) is 20.3. The zero-order chi connectivity index (χ0) is 19.2. The molecule has 3 N–H and O–H groups in total. The summed E-state index contributed by atoms with van der Waals surface area (Å²) in [6, 6.07) is 0.697. The van der Waals surface area contributed by atoms with Crippen molar-refractivity contribution in [1.82, 2.24) is 16.0 Å². The Bertz CT molecular complexity index is 532. The van der Waals surface area contributed by atoms with E-state index in [9.17, 15) is 9.00 Å². The minimum absolute atomic E-state index is 0. The minimum atomic E-state index is -0.892. The van der Waals surface area contributed by atoms with E-state index in [1.807, 2.05) is 27.7 Å². The average molecular weight is 513 g/mol. The first-order valence-electron chi connectivity index (χ1n) is 10.0. The number of halogens is 1. The summed E-state index contributed by atoms with van der Waals surface area (Å²) >= 11 is 0. The van der Waals surface area contributed by atoms with Gasteiger partial charge in [-0.2, -0.15) is 0 Å². The molecule has 0 aromatic heterocycles. The van der Waals surface area contributed by atoms with E-state index in [2.05, 4.69) is 20.9 Å². The molecule has 3 unspecified atom stereocenters. The van der Waals surface area contributed by atoms with E-state index in [1.165, 1.54) is 0 Å². The van der Waals surface area contributed by atoms with Crippen molar-refractivity contribution in [2.24, 2.45) is 10.9 Å². The van der Waals surface area contributed by atoms with Crippen LogP contribution in [0.4, 0.5) is 0 Å². The SMILES string of the molecule is CCNC(=NCCS(=O)C(C)(C)C)NC1CCCC(C(=O)NC2CC2)C1.I. The predicted octanol–water partition coefficient (Wildman–Crippen LogP) is 2.54. The Morgan fingerprint density at radius 2 is 1.81 bits per heavy atom. The summed E-state index contributed by atoms with van der Waals surface area (Å²) in [4.78, 5) is 16.9. The molecule has 0 heterocycles. The third-order valence-electron chi connectivity index (χ3n) is 4.88. The lowest BCUT2D eigenvalue weighted by Gasteiger charge is -2.30. The maximum atomic E-state index is 12.3. The molecule has 8 heteroatoms. The van der Waals surface area contributed by atoms with Crippen molar-refractivity contribution in [3.63, 3.8) is 0 Å². The summed E-state index contributed by atoms with van der Waals surface area (Å²) in [5.74, 6) is 1.67. The number of aliphatic imine (C=N–C) groups is 1. The molecule has 27 heavy (non-hydrogen) atoms. The van der Waals surface area contributed by atoms with Crippen LogP contribution < -0.4 is 16.0 Å². The summed E-state index contributed by atoms with van der Waals surface area (Å²) in [5, 5.41) is 9.89. The van der Waals surface area contributed by atoms with Crippen LogP contribution in [0.15, 0.2) is 4.99 Å². The predicted molar refractivity (Wildman–Crippen MR) is 124 cm³/mol. The Morgan fingerprint density at radius 1 is 1.11 bits per heavy atom. The molecule has 3 atom stereocenters. The lowest BCUT2D eigenvalue weighted by atomic mass is 9.85. The van der Waals surface area contributed by atoms with Crippen molar-refractivity contribution < 1.29 is 9.00 Å². The van der Waals surface area contributed by atoms with E-state index >= 15 is 0 Å². The van der Waals surface area contributed by atoms with E-state index in [0.29, 0.717) is 18.3 Å². The summed E-state index contributed by atoms with van der Waals surface area (Å²) in [6.45, 7) is 9.34. The quantitative estimate of drug-likeness (QED) is 0.278. The highest BCUT2D eigenvalue weighted by atomic mass is 127. The number of amides is 1. The molecule has 158 valence electrons. The molecule has 1 amide bonds. The third-order valence-corrected chi connectivity index (χ3v) is 6.80. The van der Waals surface area contributed by atoms with Gasteiger partial charge in [0.25, 0.3) is 0 Å². The number of nitrogens with one attached hydrogen (secondary N) is 3. The molecular weight excluding hydrogens is 475 g/mol. The van der Waals surface area contributed by atoms with Crippen LogP contribution in [0.3, 0.4) is 0 Å². The van der Waals surface area contributed by atoms with Crippen molar-refractivity contribution in [3.8, 4) is 0 Å². The molecule has 0 aromatic carbocycles. The summed E-state index contributed by atoms with van der Waals surface area (Å²) < 4.78 is 12.0. The van der Waals surface area contributed by atoms with Gasteiger partial charge in [0.2, 0.25) is 5.91 Å². The molecule has 6 nitrogen and oxygen atoms in total. The molecule has 2 rings (SSSR count). The van der Waals surface area contributed by atoms with Gasteiger partial charge in [-0.3, -0.25) is 14.0 Å². The number of hydrogen-bond acceptors (Lipinski definition) is 3. The normalized spacial score (nSPS) is 24.5. The summed E-state index contributed by atoms with van der Waals surface area (Å²) in [5.41, 5.74) is 0. The second-order valence-corrected chi connectivity index (χ2v) is 10.7. The Morgan fingerprint density at radius 3 is 2.41 bits per heavy atom. The van der Waals surface area contributed by atoms with Gasteiger partial charge in [-0.1, -0.05) is 6.42 Å². The first-order valence-corrected chi connectivity index (χ1v) is 11.3. The molecule has 2 fully saturated rings. The number of carbonyl (C=O) groups excluding carboxylic acids is 1. The van der Waals surface area contributed by atoms with Crippen molar-refractivity contribution >= 4 is 46.6 Å². The van der Waals surface area contributed by atoms with Crippen LogP contribution in [-0.2, 0) is 15.6 Å². The fraction of sp³-hybridized carbons (Fsp3) is 0.895. The fourth-order valence-corrected chi connectivity index (χ4v) is 4.04. The smallest absolute Gasteiger partial charge is 0.223 e. The van der Waals surface area contributed by atoms with Crippen molar-refractivity contribution in [1.29, 1.82) is 0 Å². The van der Waals surface area contributed by atoms with Gasteiger partial charge in [-0.15, -0.1) is 24.0 Å². The topological polar surface area (TPSA) is 82.6 Å². The first-order chi connectivity index (χ1) is 12.3. The van der Waals surface area contributed by atoms with Gasteiger partial charge >= 0.3 is 0 Å². The van der Waals surface area contributed by atoms with E-state index in [1.54, 1.807) is 0 Å². The Balaban J connectivity index is 0.00000364. The zero-order valence-electron chi connectivity index (χ0n) is 17.2. The molecule has 2 aliphatic rings. The molecule has 0 radical (unpaired) electrons. The van der Waals surface area contributed by atoms with E-state index in [4.69, 9.17) is 0 Å². The van der Waals surface area contributed by atoms with Crippen LogP contribution in [0.25, 0.3) is 0 Å². The summed E-state index contributed by atoms with van der Waals surface area (Å²) in [6.07, 6.45) is 6.23. The molecule has 2 aliphatic carbocycles. The Hall–Kier alpha value is -0.380. The second-order valence-electron chi connectivity index (χ2n) is 8.41. The maximum Gasteiger partial charge on any atom is 0.223 e. The standard InChI is InChI=1S/C19H36N4O2S.HI/c1-5-20-18(21-11-12-26(25)19(2,3)4)23-16-8-6-7-14(13-16)17(24)22-15-9-10-15;/h14-16H,5-13H2,1-4H3,(H,22,24)(H2,20,21,23);1H. The Kier molecular flexibility index (Phi) is 10.6. The molecule has 0 aromatic rings. The van der Waals surface area contributed by atoms with E-state index in [0.717, 1.165) is 51.0 Å². The van der Waals surface area contributed by atoms with Crippen molar-refractivity contribution in [3.05, 3.63) is 0 Å². The Labute approximate surface area is 184 Å². The van der Waals surface area contributed by atoms with Crippen LogP contribution >= 0.6 is 24.0 Å². The monoisotopic (exact) mass is 512 g/mol. The van der Waals surface area contributed by atoms with Gasteiger partial charge in [0.15, 0.2) is 5.96 Å². The van der Waals surface area contributed by atoms with E-state index in [-0.39, 0.29) is 46.6 Å². The van der Waals surface area contributed by atoms with Crippen LogP contribution in [0.1, 0.15) is 66.2 Å². The number of carbonyl (C=O) groups is 1. The average Bonchev–Trinajstić information content (AvgIpc) is 3.38. The molecule has 2 saturated carbocycles. The van der Waals surface area contributed by atoms with Gasteiger partial charge in [0.1, 0.15) is 0 Å². The van der Waals surface area contributed by atoms with Crippen LogP contribution in [0.2, 0.25) is 0 Å². The van der Waals surface area contributed by atoms with Crippen LogP contribution in [0, 0.1) is 5.92 Å². The van der Waals surface area contributed by atoms with Gasteiger partial charge in [0.05, 0.1) is 6.54 Å². The van der Waals surface area contributed by atoms with Crippen molar-refractivity contribution in [2.45, 2.75) is 83.1 Å². The van der Waals surface area contributed by atoms with Crippen LogP contribution in [-0.4, -0.2) is 51.7 Å². The molecule has 0 bridgehead atoms. The lowest BCUT2D eigenvalue weighted by Crippen LogP contribution is -2.47. The molecular formula is C19H37IN4O2S. The first kappa shape index (κ1) is 24.7. The van der Waals surface area contributed by atoms with Gasteiger partial charge < -0.3 is 16.0 Å². The van der Waals surface area contributed by atoms with Gasteiger partial charge in [0, 0.05) is 45.8 Å². The fourth-order valence-electron chi connectivity index (χ4n) is 3.17. The second kappa shape index (κ2) is 11.6. The molecule has 0 spiro atoms. The van der Waals surface area contributed by atoms with Crippen LogP contribution in [0.5, 0.6) is 0 Å². The minimum Gasteiger partial charge on any atom is -0.357 e. The highest BCUT2D eigenvalue weighted by Gasteiger charge is 2.31. The highest BCUT2D eigenvalue weighted by Crippen LogP contribution is 2.26. The van der Waals surface area contributed by atoms with E-state index < -0.39 is 10.8 Å². The number of hydrogen-bond donors (Lipinski definition) is 3. The van der Waals surface area contributed by atoms with Crippen molar-refractivity contribution in [2.75, 3.05) is 18.8 Å².